The third-order valence-electron chi connectivity index (χ3n) is 4.00. The molecule has 0 aromatic heterocycles. The SMILES string of the molecule is C=C(C)[C@H]1C[C@@H](O)[C@]2(C)CC(=O)O[C@@H]2C1. The zero-order valence-corrected chi connectivity index (χ0v) is 9.32. The van der Waals surface area contributed by atoms with Gasteiger partial charge in [0.2, 0.25) is 0 Å². The summed E-state index contributed by atoms with van der Waals surface area (Å²) in [7, 11) is 0. The summed E-state index contributed by atoms with van der Waals surface area (Å²) in [6.07, 6.45) is 1.29. The number of allylic oxidation sites excluding steroid dienone is 1. The van der Waals surface area contributed by atoms with Gasteiger partial charge in [-0.2, -0.15) is 0 Å². The topological polar surface area (TPSA) is 46.5 Å². The number of hydrogen-bond acceptors (Lipinski definition) is 3. The van der Waals surface area contributed by atoms with Gasteiger partial charge in [0.25, 0.3) is 0 Å². The van der Waals surface area contributed by atoms with Crippen LogP contribution in [0.5, 0.6) is 0 Å². The Bertz CT molecular complexity index is 310. The molecule has 2 fully saturated rings. The first kappa shape index (κ1) is 10.7. The van der Waals surface area contributed by atoms with E-state index >= 15 is 0 Å². The quantitative estimate of drug-likeness (QED) is 0.529. The van der Waals surface area contributed by atoms with Gasteiger partial charge in [0.1, 0.15) is 6.10 Å². The molecule has 2 rings (SSSR count). The summed E-state index contributed by atoms with van der Waals surface area (Å²) in [5.41, 5.74) is 0.697. The molecule has 0 aromatic rings. The molecule has 1 aliphatic heterocycles. The van der Waals surface area contributed by atoms with Crippen molar-refractivity contribution in [2.45, 2.75) is 45.3 Å². The van der Waals surface area contributed by atoms with Gasteiger partial charge >= 0.3 is 5.97 Å². The molecule has 0 spiro atoms. The lowest BCUT2D eigenvalue weighted by Crippen LogP contribution is -2.46. The number of carbonyl (C=O) groups excluding carboxylic acids is 1. The molecule has 1 saturated heterocycles. The summed E-state index contributed by atoms with van der Waals surface area (Å²) in [4.78, 5) is 11.3. The first-order valence-corrected chi connectivity index (χ1v) is 5.46. The van der Waals surface area contributed by atoms with Gasteiger partial charge in [-0.1, -0.05) is 19.1 Å². The van der Waals surface area contributed by atoms with E-state index in [1.165, 1.54) is 0 Å². The van der Waals surface area contributed by atoms with E-state index in [9.17, 15) is 9.90 Å². The summed E-state index contributed by atoms with van der Waals surface area (Å²) in [6, 6.07) is 0. The van der Waals surface area contributed by atoms with Crippen molar-refractivity contribution in [3.05, 3.63) is 12.2 Å². The monoisotopic (exact) mass is 210 g/mol. The van der Waals surface area contributed by atoms with Crippen molar-refractivity contribution in [3.8, 4) is 0 Å². The number of carbonyl (C=O) groups is 1. The third-order valence-corrected chi connectivity index (χ3v) is 4.00. The Morgan fingerprint density at radius 1 is 1.60 bits per heavy atom. The molecule has 1 N–H and O–H groups in total. The van der Waals surface area contributed by atoms with Crippen molar-refractivity contribution in [2.75, 3.05) is 0 Å². The standard InChI is InChI=1S/C12H18O3/c1-7(2)8-4-9(13)12(3)6-11(14)15-10(12)5-8/h8-10,13H,1,4-6H2,2-3H3/t8-,9+,10+,12-/m0/s1. The molecule has 0 amide bonds. The Kier molecular flexibility index (Phi) is 2.38. The van der Waals surface area contributed by atoms with Gasteiger partial charge < -0.3 is 9.84 Å². The predicted molar refractivity (Wildman–Crippen MR) is 56.1 cm³/mol. The van der Waals surface area contributed by atoms with E-state index in [0.717, 1.165) is 12.0 Å². The molecule has 15 heavy (non-hydrogen) atoms. The number of aliphatic hydroxyl groups is 1. The van der Waals surface area contributed by atoms with Crippen molar-refractivity contribution in [3.63, 3.8) is 0 Å². The van der Waals surface area contributed by atoms with Crippen molar-refractivity contribution < 1.29 is 14.6 Å². The van der Waals surface area contributed by atoms with Crippen LogP contribution in [0.3, 0.4) is 0 Å². The highest BCUT2D eigenvalue weighted by atomic mass is 16.6. The van der Waals surface area contributed by atoms with E-state index in [1.807, 2.05) is 13.8 Å². The Balaban J connectivity index is 2.21. The van der Waals surface area contributed by atoms with E-state index in [1.54, 1.807) is 0 Å². The molecule has 3 nitrogen and oxygen atoms in total. The lowest BCUT2D eigenvalue weighted by atomic mass is 9.66. The first-order valence-electron chi connectivity index (χ1n) is 5.46. The number of fused-ring (bicyclic) bond motifs is 1. The van der Waals surface area contributed by atoms with Crippen LogP contribution in [0, 0.1) is 11.3 Å². The maximum absolute atomic E-state index is 11.3. The van der Waals surface area contributed by atoms with Crippen LogP contribution in [0.4, 0.5) is 0 Å². The molecule has 4 atom stereocenters. The lowest BCUT2D eigenvalue weighted by Gasteiger charge is -2.41. The van der Waals surface area contributed by atoms with Crippen LogP contribution in [0.2, 0.25) is 0 Å². The molecule has 1 heterocycles. The second kappa shape index (κ2) is 3.34. The molecule has 2 aliphatic rings. The second-order valence-electron chi connectivity index (χ2n) is 5.19. The highest BCUT2D eigenvalue weighted by Crippen LogP contribution is 2.48. The van der Waals surface area contributed by atoms with Crippen molar-refractivity contribution in [1.82, 2.24) is 0 Å². The number of rotatable bonds is 1. The minimum Gasteiger partial charge on any atom is -0.462 e. The molecule has 1 saturated carbocycles. The molecular formula is C12H18O3. The van der Waals surface area contributed by atoms with Crippen molar-refractivity contribution >= 4 is 5.97 Å². The number of ether oxygens (including phenoxy) is 1. The first-order chi connectivity index (χ1) is 6.93. The van der Waals surface area contributed by atoms with Gasteiger partial charge in [-0.15, -0.1) is 0 Å². The van der Waals surface area contributed by atoms with Gasteiger partial charge in [-0.05, 0) is 25.7 Å². The maximum Gasteiger partial charge on any atom is 0.306 e. The number of hydrogen-bond donors (Lipinski definition) is 1. The van der Waals surface area contributed by atoms with Crippen LogP contribution in [0.1, 0.15) is 33.1 Å². The molecule has 0 bridgehead atoms. The smallest absolute Gasteiger partial charge is 0.306 e. The number of aliphatic hydroxyl groups excluding tert-OH is 1. The highest BCUT2D eigenvalue weighted by Gasteiger charge is 2.54. The molecule has 0 radical (unpaired) electrons. The van der Waals surface area contributed by atoms with Crippen LogP contribution >= 0.6 is 0 Å². The Hall–Kier alpha value is -0.830. The summed E-state index contributed by atoms with van der Waals surface area (Å²) < 4.78 is 5.28. The summed E-state index contributed by atoms with van der Waals surface area (Å²) in [6.45, 7) is 7.83. The molecule has 1 aliphatic carbocycles. The zero-order valence-electron chi connectivity index (χ0n) is 9.32. The molecule has 0 aromatic carbocycles. The normalized spacial score (nSPS) is 44.7. The molecule has 0 unspecified atom stereocenters. The van der Waals surface area contributed by atoms with Gasteiger partial charge in [0, 0.05) is 5.41 Å². The highest BCUT2D eigenvalue weighted by molar-refractivity contribution is 5.73. The van der Waals surface area contributed by atoms with Crippen LogP contribution in [0.15, 0.2) is 12.2 Å². The summed E-state index contributed by atoms with van der Waals surface area (Å²) in [5.74, 6) is 0.105. The fraction of sp³-hybridized carbons (Fsp3) is 0.750. The van der Waals surface area contributed by atoms with Crippen LogP contribution in [-0.4, -0.2) is 23.3 Å². The molecular weight excluding hydrogens is 192 g/mol. The third kappa shape index (κ3) is 1.59. The van der Waals surface area contributed by atoms with Gasteiger partial charge in [0.15, 0.2) is 0 Å². The minimum absolute atomic E-state index is 0.129. The zero-order chi connectivity index (χ0) is 11.2. The fourth-order valence-electron chi connectivity index (χ4n) is 2.71. The molecule has 3 heteroatoms. The van der Waals surface area contributed by atoms with E-state index in [0.29, 0.717) is 12.8 Å². The van der Waals surface area contributed by atoms with E-state index in [4.69, 9.17) is 4.74 Å². The fourth-order valence-corrected chi connectivity index (χ4v) is 2.71. The summed E-state index contributed by atoms with van der Waals surface area (Å²) >= 11 is 0. The predicted octanol–water partition coefficient (Wildman–Crippen LogP) is 1.66. The summed E-state index contributed by atoms with van der Waals surface area (Å²) in [5, 5.41) is 10.1. The number of esters is 1. The van der Waals surface area contributed by atoms with E-state index in [2.05, 4.69) is 6.58 Å². The van der Waals surface area contributed by atoms with Crippen molar-refractivity contribution in [1.29, 1.82) is 0 Å². The van der Waals surface area contributed by atoms with Crippen LogP contribution in [0.25, 0.3) is 0 Å². The van der Waals surface area contributed by atoms with Crippen LogP contribution in [-0.2, 0) is 9.53 Å². The molecule has 84 valence electrons. The second-order valence-corrected chi connectivity index (χ2v) is 5.19. The largest absolute Gasteiger partial charge is 0.462 e. The average molecular weight is 210 g/mol. The van der Waals surface area contributed by atoms with E-state index < -0.39 is 6.10 Å². The maximum atomic E-state index is 11.3. The van der Waals surface area contributed by atoms with Gasteiger partial charge in [-0.25, -0.2) is 0 Å². The van der Waals surface area contributed by atoms with E-state index in [-0.39, 0.29) is 23.4 Å². The minimum atomic E-state index is -0.454. The van der Waals surface area contributed by atoms with Gasteiger partial charge in [-0.3, -0.25) is 4.79 Å². The van der Waals surface area contributed by atoms with Crippen LogP contribution < -0.4 is 0 Å². The average Bonchev–Trinajstić information content (AvgIpc) is 2.41. The Morgan fingerprint density at radius 3 is 2.87 bits per heavy atom. The Morgan fingerprint density at radius 2 is 2.27 bits per heavy atom. The lowest BCUT2D eigenvalue weighted by molar-refractivity contribution is -0.144. The van der Waals surface area contributed by atoms with Gasteiger partial charge in [0.05, 0.1) is 12.5 Å². The Labute approximate surface area is 90.1 Å². The van der Waals surface area contributed by atoms with Crippen molar-refractivity contribution in [2.24, 2.45) is 11.3 Å².